The van der Waals surface area contributed by atoms with E-state index in [1.165, 1.54) is 38.4 Å². The van der Waals surface area contributed by atoms with Crippen LogP contribution < -0.4 is 16.4 Å². The fourth-order valence-electron chi connectivity index (χ4n) is 5.24. The Kier molecular flexibility index (Phi) is 3.71. The van der Waals surface area contributed by atoms with Crippen LogP contribution in [0.15, 0.2) is 18.6 Å². The van der Waals surface area contributed by atoms with Crippen molar-refractivity contribution in [2.75, 3.05) is 6.54 Å². The quantitative estimate of drug-likeness (QED) is 0.783. The number of aromatic nitrogens is 2. The summed E-state index contributed by atoms with van der Waals surface area (Å²) in [5.74, 6) is 2.95. The molecule has 5 rings (SSSR count). The van der Waals surface area contributed by atoms with Crippen molar-refractivity contribution in [1.82, 2.24) is 20.6 Å². The van der Waals surface area contributed by atoms with Crippen molar-refractivity contribution >= 4 is 6.03 Å². The van der Waals surface area contributed by atoms with Crippen molar-refractivity contribution < 1.29 is 4.79 Å². The van der Waals surface area contributed by atoms with E-state index < -0.39 is 0 Å². The molecule has 4 saturated carbocycles. The first-order valence-corrected chi connectivity index (χ1v) is 8.69. The number of nitrogens with zero attached hydrogens (tertiary/aromatic N) is 2. The second kappa shape index (κ2) is 5.74. The molecule has 0 radical (unpaired) electrons. The standard InChI is InChI=1S/C17H25N5O/c18-17(13-4-11-3-12(6-13)7-14(17)5-11)9-21-16(23)20-8-15-1-2-19-10-22-15/h1-2,10-14H,3-9,18H2,(H2,20,21,23). The second-order valence-electron chi connectivity index (χ2n) is 7.65. The molecule has 1 aromatic rings. The molecule has 0 spiro atoms. The highest BCUT2D eigenvalue weighted by molar-refractivity contribution is 5.73. The summed E-state index contributed by atoms with van der Waals surface area (Å²) in [7, 11) is 0. The molecule has 4 aliphatic carbocycles. The second-order valence-corrected chi connectivity index (χ2v) is 7.65. The van der Waals surface area contributed by atoms with Gasteiger partial charge in [0, 0.05) is 18.3 Å². The number of amides is 2. The first-order valence-electron chi connectivity index (χ1n) is 8.69. The molecule has 6 nitrogen and oxygen atoms in total. The molecule has 4 bridgehead atoms. The molecule has 6 heteroatoms. The first-order chi connectivity index (χ1) is 11.1. The first kappa shape index (κ1) is 14.9. The molecule has 1 aromatic heterocycles. The van der Waals surface area contributed by atoms with Crippen molar-refractivity contribution in [3.8, 4) is 0 Å². The van der Waals surface area contributed by atoms with Gasteiger partial charge in [0.2, 0.25) is 0 Å². The average molecular weight is 315 g/mol. The summed E-state index contributed by atoms with van der Waals surface area (Å²) in [6, 6.07) is 1.63. The van der Waals surface area contributed by atoms with E-state index in [1.54, 1.807) is 12.3 Å². The molecule has 0 atom stereocenters. The maximum Gasteiger partial charge on any atom is 0.315 e. The van der Waals surface area contributed by atoms with Crippen molar-refractivity contribution in [1.29, 1.82) is 0 Å². The number of nitrogens with two attached hydrogens (primary N) is 1. The fourth-order valence-corrected chi connectivity index (χ4v) is 5.24. The Morgan fingerprint density at radius 3 is 2.48 bits per heavy atom. The SMILES string of the molecule is NC1(CNC(=O)NCc2ccncn2)C2CC3CC(C2)CC1C3. The van der Waals surface area contributed by atoms with E-state index in [9.17, 15) is 4.79 Å². The summed E-state index contributed by atoms with van der Waals surface area (Å²) in [6.45, 7) is 0.986. The van der Waals surface area contributed by atoms with Crippen LogP contribution in [0, 0.1) is 23.7 Å². The zero-order valence-corrected chi connectivity index (χ0v) is 13.4. The highest BCUT2D eigenvalue weighted by atomic mass is 16.2. The predicted molar refractivity (Wildman–Crippen MR) is 86.2 cm³/mol. The lowest BCUT2D eigenvalue weighted by Crippen LogP contribution is -2.67. The van der Waals surface area contributed by atoms with Gasteiger partial charge in [-0.1, -0.05) is 0 Å². The zero-order chi connectivity index (χ0) is 15.9. The maximum absolute atomic E-state index is 12.1. The van der Waals surface area contributed by atoms with E-state index in [1.807, 2.05) is 0 Å². The number of nitrogens with one attached hydrogen (secondary N) is 2. The molecule has 0 saturated heterocycles. The van der Waals surface area contributed by atoms with Crippen LogP contribution in [0.4, 0.5) is 4.79 Å². The monoisotopic (exact) mass is 315 g/mol. The summed E-state index contributed by atoms with van der Waals surface area (Å²) in [4.78, 5) is 20.0. The number of carbonyl (C=O) groups excluding carboxylic acids is 1. The third-order valence-electron chi connectivity index (χ3n) is 6.29. The van der Waals surface area contributed by atoms with E-state index >= 15 is 0 Å². The number of urea groups is 1. The van der Waals surface area contributed by atoms with Gasteiger partial charge in [-0.3, -0.25) is 0 Å². The van der Waals surface area contributed by atoms with Gasteiger partial charge in [0.15, 0.2) is 0 Å². The lowest BCUT2D eigenvalue weighted by molar-refractivity contribution is -0.0529. The Labute approximate surface area is 136 Å². The molecule has 0 aromatic carbocycles. The zero-order valence-electron chi connectivity index (χ0n) is 13.4. The maximum atomic E-state index is 12.1. The van der Waals surface area contributed by atoms with Crippen LogP contribution in [-0.2, 0) is 6.54 Å². The highest BCUT2D eigenvalue weighted by Gasteiger charge is 2.55. The fraction of sp³-hybridized carbons (Fsp3) is 0.706. The number of carbonyl (C=O) groups is 1. The number of hydrogen-bond donors (Lipinski definition) is 3. The van der Waals surface area contributed by atoms with Crippen LogP contribution in [0.25, 0.3) is 0 Å². The third-order valence-corrected chi connectivity index (χ3v) is 6.29. The Morgan fingerprint density at radius 1 is 1.17 bits per heavy atom. The molecule has 23 heavy (non-hydrogen) atoms. The molecular formula is C17H25N5O. The van der Waals surface area contributed by atoms with Crippen LogP contribution in [0.3, 0.4) is 0 Å². The van der Waals surface area contributed by atoms with Crippen LogP contribution in [0.5, 0.6) is 0 Å². The molecule has 2 amide bonds. The predicted octanol–water partition coefficient (Wildman–Crippen LogP) is 1.43. The summed E-state index contributed by atoms with van der Waals surface area (Å²) in [6.07, 6.45) is 9.60. The van der Waals surface area contributed by atoms with E-state index in [0.29, 0.717) is 24.9 Å². The van der Waals surface area contributed by atoms with Gasteiger partial charge in [0.25, 0.3) is 0 Å². The summed E-state index contributed by atoms with van der Waals surface area (Å²) in [5.41, 5.74) is 7.37. The van der Waals surface area contributed by atoms with Gasteiger partial charge in [0.05, 0.1) is 12.2 Å². The molecule has 4 fully saturated rings. The van der Waals surface area contributed by atoms with Crippen LogP contribution in [-0.4, -0.2) is 28.1 Å². The molecule has 4 N–H and O–H groups in total. The molecule has 0 aliphatic heterocycles. The largest absolute Gasteiger partial charge is 0.336 e. The van der Waals surface area contributed by atoms with Crippen molar-refractivity contribution in [3.05, 3.63) is 24.3 Å². The van der Waals surface area contributed by atoms with Gasteiger partial charge in [-0.2, -0.15) is 0 Å². The van der Waals surface area contributed by atoms with E-state index in [0.717, 1.165) is 17.5 Å². The molecular weight excluding hydrogens is 290 g/mol. The lowest BCUT2D eigenvalue weighted by atomic mass is 9.49. The van der Waals surface area contributed by atoms with Crippen molar-refractivity contribution in [3.63, 3.8) is 0 Å². The van der Waals surface area contributed by atoms with Crippen LogP contribution in [0.1, 0.15) is 37.8 Å². The molecule has 1 heterocycles. The minimum atomic E-state index is -0.209. The minimum absolute atomic E-state index is 0.165. The van der Waals surface area contributed by atoms with Crippen LogP contribution in [0.2, 0.25) is 0 Å². The van der Waals surface area contributed by atoms with Gasteiger partial charge in [0.1, 0.15) is 6.33 Å². The summed E-state index contributed by atoms with van der Waals surface area (Å²) < 4.78 is 0. The smallest absolute Gasteiger partial charge is 0.315 e. The van der Waals surface area contributed by atoms with Crippen LogP contribution >= 0.6 is 0 Å². The number of hydrogen-bond acceptors (Lipinski definition) is 4. The molecule has 0 unspecified atom stereocenters. The van der Waals surface area contributed by atoms with Gasteiger partial charge >= 0.3 is 6.03 Å². The summed E-state index contributed by atoms with van der Waals surface area (Å²) >= 11 is 0. The van der Waals surface area contributed by atoms with E-state index in [-0.39, 0.29) is 11.6 Å². The lowest BCUT2D eigenvalue weighted by Gasteiger charge is -2.59. The average Bonchev–Trinajstić information content (AvgIpc) is 2.56. The van der Waals surface area contributed by atoms with E-state index in [4.69, 9.17) is 5.73 Å². The van der Waals surface area contributed by atoms with Gasteiger partial charge in [-0.25, -0.2) is 14.8 Å². The summed E-state index contributed by atoms with van der Waals surface area (Å²) in [5, 5.41) is 5.85. The highest BCUT2D eigenvalue weighted by Crippen LogP contribution is 2.57. The Morgan fingerprint density at radius 2 is 1.87 bits per heavy atom. The molecule has 124 valence electrons. The van der Waals surface area contributed by atoms with Crippen molar-refractivity contribution in [2.45, 2.75) is 44.2 Å². The Balaban J connectivity index is 1.31. The van der Waals surface area contributed by atoms with Gasteiger partial charge in [-0.15, -0.1) is 0 Å². The topological polar surface area (TPSA) is 92.9 Å². The van der Waals surface area contributed by atoms with Gasteiger partial charge < -0.3 is 16.4 Å². The van der Waals surface area contributed by atoms with Crippen molar-refractivity contribution in [2.24, 2.45) is 29.4 Å². The minimum Gasteiger partial charge on any atom is -0.336 e. The molecule has 4 aliphatic rings. The third kappa shape index (κ3) is 2.80. The Bertz CT molecular complexity index is 548. The van der Waals surface area contributed by atoms with Gasteiger partial charge in [-0.05, 0) is 61.8 Å². The number of rotatable bonds is 4. The Hall–Kier alpha value is -1.69. The van der Waals surface area contributed by atoms with E-state index in [2.05, 4.69) is 20.6 Å². The normalized spacial score (nSPS) is 37.6.